The van der Waals surface area contributed by atoms with Gasteiger partial charge in [0, 0.05) is 23.9 Å². The lowest BCUT2D eigenvalue weighted by Gasteiger charge is -2.17. The minimum absolute atomic E-state index is 0.0723. The molecule has 6 nitrogen and oxygen atoms in total. The van der Waals surface area contributed by atoms with Crippen LogP contribution >= 0.6 is 11.8 Å². The second-order valence-electron chi connectivity index (χ2n) is 4.71. The molecule has 21 heavy (non-hydrogen) atoms. The minimum atomic E-state index is 0.0723. The monoisotopic (exact) mass is 304 g/mol. The molecule has 1 aromatic heterocycles. The number of fused-ring (bicyclic) bond motifs is 1. The molecule has 110 valence electrons. The number of hydrogen-bond donors (Lipinski definition) is 2. The molecule has 2 N–H and O–H groups in total. The topological polar surface area (TPSA) is 79.9 Å². The van der Waals surface area contributed by atoms with Crippen molar-refractivity contribution in [2.45, 2.75) is 24.4 Å². The number of thioether (sulfide) groups is 1. The van der Waals surface area contributed by atoms with E-state index in [0.717, 1.165) is 35.2 Å². The van der Waals surface area contributed by atoms with Gasteiger partial charge in [0.2, 0.25) is 5.91 Å². The van der Waals surface area contributed by atoms with Crippen LogP contribution in [0.5, 0.6) is 5.75 Å². The highest BCUT2D eigenvalue weighted by Crippen LogP contribution is 2.27. The van der Waals surface area contributed by atoms with Gasteiger partial charge in [0.1, 0.15) is 12.1 Å². The average Bonchev–Trinajstić information content (AvgIpc) is 3.00. The summed E-state index contributed by atoms with van der Waals surface area (Å²) in [6.45, 7) is 0.633. The van der Waals surface area contributed by atoms with Gasteiger partial charge in [0.15, 0.2) is 5.16 Å². The van der Waals surface area contributed by atoms with Crippen molar-refractivity contribution in [2.24, 2.45) is 0 Å². The first-order valence-corrected chi connectivity index (χ1v) is 7.83. The van der Waals surface area contributed by atoms with Crippen LogP contribution in [0.2, 0.25) is 0 Å². The Morgan fingerprint density at radius 1 is 1.33 bits per heavy atom. The van der Waals surface area contributed by atoms with Gasteiger partial charge >= 0.3 is 0 Å². The van der Waals surface area contributed by atoms with Crippen LogP contribution in [-0.2, 0) is 11.2 Å². The Morgan fingerprint density at radius 2 is 2.29 bits per heavy atom. The zero-order valence-corrected chi connectivity index (χ0v) is 12.3. The van der Waals surface area contributed by atoms with Crippen LogP contribution in [0.1, 0.15) is 18.4 Å². The molecular formula is C14H16N4O2S. The number of aromatic nitrogens is 3. The van der Waals surface area contributed by atoms with Crippen molar-refractivity contribution in [1.82, 2.24) is 15.2 Å². The third-order valence-corrected chi connectivity index (χ3v) is 4.13. The lowest BCUT2D eigenvalue weighted by Crippen LogP contribution is -2.18. The number of carbonyl (C=O) groups is 1. The number of aryl methyl sites for hydroxylation is 1. The Balaban J connectivity index is 1.45. The fourth-order valence-corrected chi connectivity index (χ4v) is 2.82. The lowest BCUT2D eigenvalue weighted by molar-refractivity contribution is -0.116. The molecule has 0 unspecified atom stereocenters. The van der Waals surface area contributed by atoms with E-state index in [0.29, 0.717) is 13.0 Å². The molecule has 0 spiro atoms. The molecule has 2 aromatic rings. The van der Waals surface area contributed by atoms with Crippen molar-refractivity contribution in [3.63, 3.8) is 0 Å². The molecule has 0 fully saturated rings. The second-order valence-corrected chi connectivity index (χ2v) is 5.79. The van der Waals surface area contributed by atoms with Crippen LogP contribution in [0.4, 0.5) is 5.69 Å². The fourth-order valence-electron chi connectivity index (χ4n) is 2.12. The maximum absolute atomic E-state index is 11.4. The molecule has 0 atom stereocenters. The maximum atomic E-state index is 11.4. The van der Waals surface area contributed by atoms with Gasteiger partial charge in [-0.15, -0.1) is 0 Å². The van der Waals surface area contributed by atoms with E-state index in [1.165, 1.54) is 11.9 Å². The van der Waals surface area contributed by atoms with Crippen LogP contribution in [0.25, 0.3) is 0 Å². The van der Waals surface area contributed by atoms with E-state index < -0.39 is 0 Å². The van der Waals surface area contributed by atoms with Gasteiger partial charge in [-0.2, -0.15) is 5.10 Å². The number of rotatable bonds is 6. The first-order chi connectivity index (χ1) is 10.3. The normalized spacial score (nSPS) is 13.6. The molecule has 1 aromatic carbocycles. The van der Waals surface area contributed by atoms with Crippen molar-refractivity contribution in [3.05, 3.63) is 30.1 Å². The van der Waals surface area contributed by atoms with Gasteiger partial charge in [-0.1, -0.05) is 17.8 Å². The summed E-state index contributed by atoms with van der Waals surface area (Å²) in [5.74, 6) is 1.78. The van der Waals surface area contributed by atoms with Gasteiger partial charge < -0.3 is 10.1 Å². The molecule has 0 saturated carbocycles. The first kappa shape index (κ1) is 13.9. The smallest absolute Gasteiger partial charge is 0.224 e. The molecule has 0 bridgehead atoms. The first-order valence-electron chi connectivity index (χ1n) is 6.85. The number of hydrogen-bond acceptors (Lipinski definition) is 5. The second kappa shape index (κ2) is 6.62. The molecule has 1 aliphatic rings. The predicted octanol–water partition coefficient (Wildman–Crippen LogP) is 2.25. The third-order valence-electron chi connectivity index (χ3n) is 3.17. The van der Waals surface area contributed by atoms with Crippen molar-refractivity contribution >= 4 is 23.4 Å². The predicted molar refractivity (Wildman–Crippen MR) is 80.6 cm³/mol. The summed E-state index contributed by atoms with van der Waals surface area (Å²) < 4.78 is 5.72. The number of H-pyrrole nitrogens is 1. The molecule has 3 rings (SSSR count). The van der Waals surface area contributed by atoms with Crippen molar-refractivity contribution in [3.8, 4) is 5.75 Å². The SMILES string of the molecule is O=C1CCc2ccc(OCCCSc3ncn[nH]3)cc2N1. The summed E-state index contributed by atoms with van der Waals surface area (Å²) in [6, 6.07) is 5.88. The highest BCUT2D eigenvalue weighted by molar-refractivity contribution is 7.99. The van der Waals surface area contributed by atoms with Crippen LogP contribution in [0, 0.1) is 0 Å². The van der Waals surface area contributed by atoms with Crippen molar-refractivity contribution in [2.75, 3.05) is 17.7 Å². The highest BCUT2D eigenvalue weighted by atomic mass is 32.2. The van der Waals surface area contributed by atoms with Crippen LogP contribution in [0.3, 0.4) is 0 Å². The number of anilines is 1. The summed E-state index contributed by atoms with van der Waals surface area (Å²) in [6.07, 6.45) is 3.77. The summed E-state index contributed by atoms with van der Waals surface area (Å²) in [4.78, 5) is 15.4. The van der Waals surface area contributed by atoms with E-state index >= 15 is 0 Å². The van der Waals surface area contributed by atoms with Gasteiger partial charge in [0.05, 0.1) is 6.61 Å². The number of amides is 1. The van der Waals surface area contributed by atoms with Crippen molar-refractivity contribution in [1.29, 1.82) is 0 Å². The van der Waals surface area contributed by atoms with Gasteiger partial charge in [-0.25, -0.2) is 4.98 Å². The number of nitrogens with one attached hydrogen (secondary N) is 2. The van der Waals surface area contributed by atoms with E-state index in [2.05, 4.69) is 20.5 Å². The minimum Gasteiger partial charge on any atom is -0.493 e. The Labute approximate surface area is 126 Å². The summed E-state index contributed by atoms with van der Waals surface area (Å²) >= 11 is 1.62. The van der Waals surface area contributed by atoms with E-state index in [1.807, 2.05) is 18.2 Å². The average molecular weight is 304 g/mol. The van der Waals surface area contributed by atoms with Crippen molar-refractivity contribution < 1.29 is 9.53 Å². The van der Waals surface area contributed by atoms with Crippen LogP contribution in [0.15, 0.2) is 29.7 Å². The van der Waals surface area contributed by atoms with Gasteiger partial charge in [0.25, 0.3) is 0 Å². The number of aromatic amines is 1. The van der Waals surface area contributed by atoms with Gasteiger partial charge in [-0.05, 0) is 24.5 Å². The van der Waals surface area contributed by atoms with E-state index in [4.69, 9.17) is 4.74 Å². The number of benzene rings is 1. The molecule has 1 amide bonds. The highest BCUT2D eigenvalue weighted by Gasteiger charge is 2.14. The standard InChI is InChI=1S/C14H16N4O2S/c19-13-5-3-10-2-4-11(8-12(10)17-13)20-6-1-7-21-14-15-9-16-18-14/h2,4,8-9H,1,3,5-7H2,(H,17,19)(H,15,16,18). The fraction of sp³-hybridized carbons (Fsp3) is 0.357. The quantitative estimate of drug-likeness (QED) is 0.632. The Hall–Kier alpha value is -2.02. The number of carbonyl (C=O) groups excluding carboxylic acids is 1. The molecule has 1 aliphatic heterocycles. The maximum Gasteiger partial charge on any atom is 0.224 e. The molecule has 2 heterocycles. The lowest BCUT2D eigenvalue weighted by atomic mass is 10.0. The van der Waals surface area contributed by atoms with E-state index in [9.17, 15) is 4.79 Å². The van der Waals surface area contributed by atoms with E-state index in [1.54, 1.807) is 11.8 Å². The van der Waals surface area contributed by atoms with Crippen LogP contribution < -0.4 is 10.1 Å². The Bertz CT molecular complexity index is 615. The zero-order valence-electron chi connectivity index (χ0n) is 11.5. The molecule has 0 aliphatic carbocycles. The Kier molecular flexibility index (Phi) is 4.40. The zero-order chi connectivity index (χ0) is 14.5. The molecular weight excluding hydrogens is 288 g/mol. The molecule has 0 saturated heterocycles. The van der Waals surface area contributed by atoms with Crippen LogP contribution in [-0.4, -0.2) is 33.4 Å². The summed E-state index contributed by atoms with van der Waals surface area (Å²) in [7, 11) is 0. The largest absolute Gasteiger partial charge is 0.493 e. The number of nitrogens with zero attached hydrogens (tertiary/aromatic N) is 2. The third kappa shape index (κ3) is 3.75. The summed E-state index contributed by atoms with van der Waals surface area (Å²) in [5.41, 5.74) is 2.04. The summed E-state index contributed by atoms with van der Waals surface area (Å²) in [5, 5.41) is 10.3. The molecule has 0 radical (unpaired) electrons. The molecule has 7 heteroatoms. The van der Waals surface area contributed by atoms with E-state index in [-0.39, 0.29) is 5.91 Å². The Morgan fingerprint density at radius 3 is 3.14 bits per heavy atom. The van der Waals surface area contributed by atoms with Gasteiger partial charge in [-0.3, -0.25) is 9.89 Å². The number of ether oxygens (including phenoxy) is 1.